The summed E-state index contributed by atoms with van der Waals surface area (Å²) < 4.78 is 7.05. The SMILES string of the molecule is Cc1ccc2c(c1)c1ccccc1n2-c1ccc2c(c1)n1c3ccccc3nc1n2-c1cc(-c2ccccc2)cc(-c2ccccc2)c1. The van der Waals surface area contributed by atoms with Crippen LogP contribution in [-0.4, -0.2) is 18.5 Å². The van der Waals surface area contributed by atoms with Crippen molar-refractivity contribution < 1.29 is 0 Å². The van der Waals surface area contributed by atoms with E-state index in [1.807, 2.05) is 0 Å². The summed E-state index contributed by atoms with van der Waals surface area (Å²) in [5, 5.41) is 2.53. The van der Waals surface area contributed by atoms with Crippen LogP contribution in [0.4, 0.5) is 0 Å². The zero-order chi connectivity index (χ0) is 31.8. The number of imidazole rings is 2. The zero-order valence-corrected chi connectivity index (χ0v) is 26.4. The van der Waals surface area contributed by atoms with Crippen LogP contribution in [-0.2, 0) is 0 Å². The average Bonchev–Trinajstić information content (AvgIpc) is 3.78. The number of aryl methyl sites for hydroxylation is 1. The molecular weight excluding hydrogens is 585 g/mol. The first-order valence-electron chi connectivity index (χ1n) is 16.4. The van der Waals surface area contributed by atoms with E-state index < -0.39 is 0 Å². The molecule has 7 aromatic carbocycles. The molecule has 0 bridgehead atoms. The van der Waals surface area contributed by atoms with Crippen molar-refractivity contribution in [3.63, 3.8) is 0 Å². The maximum Gasteiger partial charge on any atom is 0.220 e. The molecule has 0 saturated carbocycles. The van der Waals surface area contributed by atoms with Gasteiger partial charge in [-0.15, -0.1) is 0 Å². The molecule has 0 aliphatic rings. The zero-order valence-electron chi connectivity index (χ0n) is 26.4. The number of fused-ring (bicyclic) bond motifs is 8. The fourth-order valence-corrected chi connectivity index (χ4v) is 7.48. The minimum Gasteiger partial charge on any atom is -0.309 e. The van der Waals surface area contributed by atoms with E-state index in [0.29, 0.717) is 0 Å². The second-order valence-electron chi connectivity index (χ2n) is 12.6. The van der Waals surface area contributed by atoms with E-state index in [0.717, 1.165) is 39.2 Å². The number of rotatable bonds is 4. The van der Waals surface area contributed by atoms with Gasteiger partial charge >= 0.3 is 0 Å². The highest BCUT2D eigenvalue weighted by molar-refractivity contribution is 6.09. The molecule has 0 amide bonds. The van der Waals surface area contributed by atoms with Gasteiger partial charge < -0.3 is 4.57 Å². The molecule has 0 fully saturated rings. The van der Waals surface area contributed by atoms with Gasteiger partial charge in [-0.05, 0) is 95.9 Å². The molecule has 0 aliphatic heterocycles. The molecule has 3 aromatic heterocycles. The third kappa shape index (κ3) is 3.99. The first-order valence-corrected chi connectivity index (χ1v) is 16.4. The number of para-hydroxylation sites is 3. The predicted molar refractivity (Wildman–Crippen MR) is 199 cm³/mol. The van der Waals surface area contributed by atoms with Crippen molar-refractivity contribution in [1.82, 2.24) is 18.5 Å². The van der Waals surface area contributed by atoms with Crippen LogP contribution < -0.4 is 0 Å². The lowest BCUT2D eigenvalue weighted by Crippen LogP contribution is -1.98. The van der Waals surface area contributed by atoms with E-state index in [1.165, 1.54) is 49.6 Å². The van der Waals surface area contributed by atoms with Crippen LogP contribution >= 0.6 is 0 Å². The molecule has 3 heterocycles. The van der Waals surface area contributed by atoms with E-state index in [4.69, 9.17) is 4.98 Å². The lowest BCUT2D eigenvalue weighted by Gasteiger charge is -2.13. The summed E-state index contributed by atoms with van der Waals surface area (Å²) in [7, 11) is 0. The smallest absolute Gasteiger partial charge is 0.220 e. The molecule has 0 atom stereocenters. The van der Waals surface area contributed by atoms with Gasteiger partial charge in [0, 0.05) is 16.5 Å². The van der Waals surface area contributed by atoms with Crippen molar-refractivity contribution in [3.8, 4) is 33.6 Å². The quantitative estimate of drug-likeness (QED) is 0.194. The molecule has 10 rings (SSSR count). The number of hydrogen-bond acceptors (Lipinski definition) is 1. The van der Waals surface area contributed by atoms with Crippen molar-refractivity contribution in [3.05, 3.63) is 169 Å². The Morgan fingerprint density at radius 3 is 1.77 bits per heavy atom. The van der Waals surface area contributed by atoms with Gasteiger partial charge in [0.2, 0.25) is 5.78 Å². The Balaban J connectivity index is 1.29. The summed E-state index contributed by atoms with van der Waals surface area (Å²) in [6, 6.07) is 58.9. The molecule has 0 radical (unpaired) electrons. The maximum atomic E-state index is 5.25. The highest BCUT2D eigenvalue weighted by atomic mass is 15.2. The number of aromatic nitrogens is 4. The van der Waals surface area contributed by atoms with Crippen LogP contribution in [0.1, 0.15) is 5.56 Å². The van der Waals surface area contributed by atoms with Gasteiger partial charge in [0.15, 0.2) is 0 Å². The third-order valence-corrected chi connectivity index (χ3v) is 9.66. The summed E-state index contributed by atoms with van der Waals surface area (Å²) in [5.41, 5.74) is 14.8. The van der Waals surface area contributed by atoms with Crippen LogP contribution in [0.25, 0.3) is 83.3 Å². The van der Waals surface area contributed by atoms with Crippen LogP contribution in [0.3, 0.4) is 0 Å². The monoisotopic (exact) mass is 614 g/mol. The molecular formula is C44H30N4. The molecule has 48 heavy (non-hydrogen) atoms. The molecule has 0 spiro atoms. The lowest BCUT2D eigenvalue weighted by atomic mass is 9.98. The predicted octanol–water partition coefficient (Wildman–Crippen LogP) is 11.2. The average molecular weight is 615 g/mol. The van der Waals surface area contributed by atoms with Gasteiger partial charge in [-0.25, -0.2) is 4.98 Å². The minimum absolute atomic E-state index is 0.894. The standard InChI is InChI=1S/C44H30N4/c1-29-20-22-40-37(24-29)36-16-8-10-18-39(36)46(40)34-21-23-42-43(28-34)48-41-19-11-9-17-38(41)45-44(48)47(42)35-26-32(30-12-4-2-5-13-30)25-33(27-35)31-14-6-3-7-15-31/h2-28H,1H3. The highest BCUT2D eigenvalue weighted by Crippen LogP contribution is 2.37. The van der Waals surface area contributed by atoms with Crippen molar-refractivity contribution >= 4 is 49.7 Å². The van der Waals surface area contributed by atoms with E-state index in [2.05, 4.69) is 184 Å². The third-order valence-electron chi connectivity index (χ3n) is 9.66. The van der Waals surface area contributed by atoms with E-state index >= 15 is 0 Å². The van der Waals surface area contributed by atoms with Crippen molar-refractivity contribution in [1.29, 1.82) is 0 Å². The Kier molecular flexibility index (Phi) is 5.75. The van der Waals surface area contributed by atoms with Crippen molar-refractivity contribution in [2.75, 3.05) is 0 Å². The summed E-state index contributed by atoms with van der Waals surface area (Å²) in [6.45, 7) is 2.16. The van der Waals surface area contributed by atoms with Crippen LogP contribution in [0.2, 0.25) is 0 Å². The first kappa shape index (κ1) is 26.8. The number of nitrogens with zero attached hydrogens (tertiary/aromatic N) is 4. The number of hydrogen-bond donors (Lipinski definition) is 0. The Morgan fingerprint density at radius 1 is 0.396 bits per heavy atom. The molecule has 4 heteroatoms. The minimum atomic E-state index is 0.894. The largest absolute Gasteiger partial charge is 0.309 e. The maximum absolute atomic E-state index is 5.25. The van der Waals surface area contributed by atoms with Crippen molar-refractivity contribution in [2.45, 2.75) is 6.92 Å². The van der Waals surface area contributed by atoms with Gasteiger partial charge in [0.05, 0.1) is 38.8 Å². The second-order valence-corrected chi connectivity index (χ2v) is 12.6. The van der Waals surface area contributed by atoms with Crippen molar-refractivity contribution in [2.24, 2.45) is 0 Å². The lowest BCUT2D eigenvalue weighted by molar-refractivity contribution is 1.11. The molecule has 0 aliphatic carbocycles. The summed E-state index contributed by atoms with van der Waals surface area (Å²) >= 11 is 0. The van der Waals surface area contributed by atoms with Gasteiger partial charge in [-0.3, -0.25) is 8.97 Å². The van der Waals surface area contributed by atoms with Gasteiger partial charge in [0.25, 0.3) is 0 Å². The topological polar surface area (TPSA) is 27.2 Å². The molecule has 226 valence electrons. The van der Waals surface area contributed by atoms with Gasteiger partial charge in [0.1, 0.15) is 0 Å². The molecule has 4 nitrogen and oxygen atoms in total. The summed E-state index contributed by atoms with van der Waals surface area (Å²) in [5.74, 6) is 0.894. The van der Waals surface area contributed by atoms with Crippen LogP contribution in [0, 0.1) is 6.92 Å². The van der Waals surface area contributed by atoms with E-state index in [-0.39, 0.29) is 0 Å². The van der Waals surface area contributed by atoms with Gasteiger partial charge in [-0.1, -0.05) is 103 Å². The summed E-state index contributed by atoms with van der Waals surface area (Å²) in [4.78, 5) is 5.25. The Labute approximate surface area is 277 Å². The number of benzene rings is 7. The second kappa shape index (κ2) is 10.3. The van der Waals surface area contributed by atoms with E-state index in [9.17, 15) is 0 Å². The Hall–Kier alpha value is -6.39. The van der Waals surface area contributed by atoms with Crippen LogP contribution in [0.15, 0.2) is 164 Å². The molecule has 10 aromatic rings. The summed E-state index contributed by atoms with van der Waals surface area (Å²) in [6.07, 6.45) is 0. The van der Waals surface area contributed by atoms with E-state index in [1.54, 1.807) is 0 Å². The Morgan fingerprint density at radius 2 is 1.02 bits per heavy atom. The molecule has 0 saturated heterocycles. The molecule has 0 unspecified atom stereocenters. The fourth-order valence-electron chi connectivity index (χ4n) is 7.48. The Bertz CT molecular complexity index is 2780. The molecule has 0 N–H and O–H groups in total. The highest BCUT2D eigenvalue weighted by Gasteiger charge is 2.20. The first-order chi connectivity index (χ1) is 23.7. The van der Waals surface area contributed by atoms with Gasteiger partial charge in [-0.2, -0.15) is 0 Å². The fraction of sp³-hybridized carbons (Fsp3) is 0.0227. The normalized spacial score (nSPS) is 11.9. The van der Waals surface area contributed by atoms with Crippen LogP contribution in [0.5, 0.6) is 0 Å².